The number of nitrogens with zero attached hydrogens (tertiary/aromatic N) is 4. The van der Waals surface area contributed by atoms with Crippen LogP contribution in [0, 0.1) is 0 Å². The second-order valence-corrected chi connectivity index (χ2v) is 7.44. The number of hydrogen-bond donors (Lipinski definition) is 2. The second kappa shape index (κ2) is 8.34. The van der Waals surface area contributed by atoms with Crippen LogP contribution in [-0.2, 0) is 0 Å². The molecule has 7 nitrogen and oxygen atoms in total. The van der Waals surface area contributed by atoms with Crippen molar-refractivity contribution in [2.24, 2.45) is 5.10 Å². The van der Waals surface area contributed by atoms with E-state index in [9.17, 15) is 4.79 Å². The van der Waals surface area contributed by atoms with Crippen molar-refractivity contribution in [3.8, 4) is 0 Å². The molecule has 2 aliphatic rings. The van der Waals surface area contributed by atoms with Crippen LogP contribution in [0.1, 0.15) is 41.7 Å². The lowest BCUT2D eigenvalue weighted by atomic mass is 10.1. The topological polar surface area (TPSA) is 86.9 Å². The van der Waals surface area contributed by atoms with Crippen LogP contribution in [0.3, 0.4) is 0 Å². The summed E-state index contributed by atoms with van der Waals surface area (Å²) in [6, 6.07) is 9.47. The number of carbonyl (C=O) groups is 1. The molecule has 1 saturated heterocycles. The SMILES string of the molecule is CN1C=C(c2ccc(C(=O)Nc3cc(N4CCCCC4)ccc3N)nc2)CC=N1. The molecule has 29 heavy (non-hydrogen) atoms. The van der Waals surface area contributed by atoms with Gasteiger partial charge in [-0.05, 0) is 54.7 Å². The van der Waals surface area contributed by atoms with Gasteiger partial charge in [0, 0.05) is 50.9 Å². The van der Waals surface area contributed by atoms with E-state index < -0.39 is 0 Å². The number of piperidine rings is 1. The number of hydrogen-bond acceptors (Lipinski definition) is 6. The van der Waals surface area contributed by atoms with Gasteiger partial charge in [0.25, 0.3) is 5.91 Å². The zero-order valence-corrected chi connectivity index (χ0v) is 16.6. The standard InChI is InChI=1S/C22H26N6O/c1-27-15-17(9-10-25-27)16-5-8-20(24-14-16)22(29)26-21-13-18(6-7-19(21)23)28-11-3-2-4-12-28/h5-8,10,13-15H,2-4,9,11-12,23H2,1H3,(H,26,29). The van der Waals surface area contributed by atoms with E-state index in [1.54, 1.807) is 17.3 Å². The van der Waals surface area contributed by atoms with Crippen LogP contribution in [0.4, 0.5) is 17.1 Å². The molecule has 3 heterocycles. The Labute approximate surface area is 170 Å². The molecule has 4 rings (SSSR count). The number of pyridine rings is 1. The van der Waals surface area contributed by atoms with Gasteiger partial charge in [-0.25, -0.2) is 0 Å². The summed E-state index contributed by atoms with van der Waals surface area (Å²) in [7, 11) is 1.88. The van der Waals surface area contributed by atoms with Crippen molar-refractivity contribution in [1.29, 1.82) is 0 Å². The van der Waals surface area contributed by atoms with Crippen LogP contribution >= 0.6 is 0 Å². The third-order valence-corrected chi connectivity index (χ3v) is 5.29. The summed E-state index contributed by atoms with van der Waals surface area (Å²) in [4.78, 5) is 19.4. The molecule has 3 N–H and O–H groups in total. The summed E-state index contributed by atoms with van der Waals surface area (Å²) in [5.41, 5.74) is 10.8. The first-order valence-corrected chi connectivity index (χ1v) is 9.98. The van der Waals surface area contributed by atoms with E-state index in [2.05, 4.69) is 20.3 Å². The number of benzene rings is 1. The molecule has 1 aromatic carbocycles. The summed E-state index contributed by atoms with van der Waals surface area (Å²) in [5, 5.41) is 8.86. The van der Waals surface area contributed by atoms with E-state index in [1.165, 1.54) is 19.3 Å². The number of nitrogen functional groups attached to an aromatic ring is 1. The Morgan fingerprint density at radius 3 is 2.69 bits per heavy atom. The Morgan fingerprint density at radius 1 is 1.14 bits per heavy atom. The summed E-state index contributed by atoms with van der Waals surface area (Å²) >= 11 is 0. The highest BCUT2D eigenvalue weighted by Crippen LogP contribution is 2.28. The minimum absolute atomic E-state index is 0.268. The summed E-state index contributed by atoms with van der Waals surface area (Å²) in [6.45, 7) is 2.08. The molecule has 150 valence electrons. The molecule has 0 bridgehead atoms. The van der Waals surface area contributed by atoms with Crippen molar-refractivity contribution in [2.45, 2.75) is 25.7 Å². The predicted octanol–water partition coefficient (Wildman–Crippen LogP) is 3.57. The van der Waals surface area contributed by atoms with E-state index >= 15 is 0 Å². The fraction of sp³-hybridized carbons (Fsp3) is 0.318. The molecular formula is C22H26N6O. The number of aromatic nitrogens is 1. The van der Waals surface area contributed by atoms with E-state index in [-0.39, 0.29) is 5.91 Å². The Kier molecular flexibility index (Phi) is 5.46. The second-order valence-electron chi connectivity index (χ2n) is 7.44. The zero-order valence-electron chi connectivity index (χ0n) is 16.6. The van der Waals surface area contributed by atoms with Gasteiger partial charge in [0.05, 0.1) is 11.4 Å². The number of hydrazone groups is 1. The molecule has 0 radical (unpaired) electrons. The fourth-order valence-electron chi connectivity index (χ4n) is 3.68. The van der Waals surface area contributed by atoms with Crippen molar-refractivity contribution in [3.05, 3.63) is 54.0 Å². The average Bonchev–Trinajstić information content (AvgIpc) is 2.76. The van der Waals surface area contributed by atoms with E-state index in [4.69, 9.17) is 5.73 Å². The minimum Gasteiger partial charge on any atom is -0.397 e. The third kappa shape index (κ3) is 4.39. The summed E-state index contributed by atoms with van der Waals surface area (Å²) in [6.07, 6.45) is 9.95. The molecule has 2 aromatic rings. The quantitative estimate of drug-likeness (QED) is 0.780. The van der Waals surface area contributed by atoms with Crippen molar-refractivity contribution in [1.82, 2.24) is 9.99 Å². The predicted molar refractivity (Wildman–Crippen MR) is 118 cm³/mol. The van der Waals surface area contributed by atoms with Gasteiger partial charge < -0.3 is 16.0 Å². The number of allylic oxidation sites excluding steroid dienone is 1. The van der Waals surface area contributed by atoms with Gasteiger partial charge in [0.2, 0.25) is 0 Å². The first kappa shape index (κ1) is 19.0. The van der Waals surface area contributed by atoms with Gasteiger partial charge in [-0.3, -0.25) is 14.8 Å². The van der Waals surface area contributed by atoms with Gasteiger partial charge in [0.15, 0.2) is 0 Å². The lowest BCUT2D eigenvalue weighted by molar-refractivity contribution is 0.102. The fourth-order valence-corrected chi connectivity index (χ4v) is 3.68. The maximum atomic E-state index is 12.7. The van der Waals surface area contributed by atoms with E-state index in [0.29, 0.717) is 17.1 Å². The lowest BCUT2D eigenvalue weighted by Gasteiger charge is -2.29. The molecule has 1 fully saturated rings. The van der Waals surface area contributed by atoms with Crippen molar-refractivity contribution in [2.75, 3.05) is 36.1 Å². The lowest BCUT2D eigenvalue weighted by Crippen LogP contribution is -2.29. The first-order chi connectivity index (χ1) is 14.1. The highest BCUT2D eigenvalue weighted by atomic mass is 16.1. The van der Waals surface area contributed by atoms with Crippen LogP contribution in [0.15, 0.2) is 47.8 Å². The van der Waals surface area contributed by atoms with Gasteiger partial charge >= 0.3 is 0 Å². The van der Waals surface area contributed by atoms with Crippen molar-refractivity contribution in [3.63, 3.8) is 0 Å². The molecule has 0 saturated carbocycles. The van der Waals surface area contributed by atoms with Gasteiger partial charge in [0.1, 0.15) is 5.69 Å². The number of rotatable bonds is 4. The first-order valence-electron chi connectivity index (χ1n) is 9.98. The average molecular weight is 390 g/mol. The number of carbonyl (C=O) groups excluding carboxylic acids is 1. The van der Waals surface area contributed by atoms with Crippen LogP contribution in [0.2, 0.25) is 0 Å². The zero-order chi connectivity index (χ0) is 20.2. The van der Waals surface area contributed by atoms with Crippen LogP contribution < -0.4 is 16.0 Å². The van der Waals surface area contributed by atoms with Crippen molar-refractivity contribution < 1.29 is 4.79 Å². The van der Waals surface area contributed by atoms with Crippen molar-refractivity contribution >= 4 is 34.8 Å². The maximum Gasteiger partial charge on any atom is 0.274 e. The molecule has 1 aromatic heterocycles. The molecule has 7 heteroatoms. The number of nitrogens with two attached hydrogens (primary N) is 1. The molecule has 2 aliphatic heterocycles. The number of nitrogens with one attached hydrogen (secondary N) is 1. The molecule has 0 spiro atoms. The van der Waals surface area contributed by atoms with Gasteiger partial charge in [-0.2, -0.15) is 5.10 Å². The van der Waals surface area contributed by atoms with Gasteiger partial charge in [-0.1, -0.05) is 6.07 Å². The molecular weight excluding hydrogens is 364 g/mol. The highest BCUT2D eigenvalue weighted by molar-refractivity contribution is 6.05. The number of amides is 1. The van der Waals surface area contributed by atoms with Gasteiger partial charge in [-0.15, -0.1) is 0 Å². The van der Waals surface area contributed by atoms with Crippen LogP contribution in [0.5, 0.6) is 0 Å². The Morgan fingerprint density at radius 2 is 1.97 bits per heavy atom. The Hall–Kier alpha value is -3.35. The Bertz CT molecular complexity index is 944. The molecule has 0 atom stereocenters. The maximum absolute atomic E-state index is 12.7. The molecule has 0 aliphatic carbocycles. The smallest absolute Gasteiger partial charge is 0.274 e. The highest BCUT2D eigenvalue weighted by Gasteiger charge is 2.15. The minimum atomic E-state index is -0.268. The van der Waals surface area contributed by atoms with Crippen LogP contribution in [0.25, 0.3) is 5.57 Å². The molecule has 1 amide bonds. The summed E-state index contributed by atoms with van der Waals surface area (Å²) < 4.78 is 0. The monoisotopic (exact) mass is 390 g/mol. The van der Waals surface area contributed by atoms with E-state index in [0.717, 1.165) is 36.3 Å². The molecule has 0 unspecified atom stereocenters. The largest absolute Gasteiger partial charge is 0.397 e. The number of anilines is 3. The Balaban J connectivity index is 1.47. The summed E-state index contributed by atoms with van der Waals surface area (Å²) in [5.74, 6) is -0.268. The van der Waals surface area contributed by atoms with Crippen LogP contribution in [-0.4, -0.2) is 42.3 Å². The third-order valence-electron chi connectivity index (χ3n) is 5.29. The normalized spacial score (nSPS) is 16.5. The van der Waals surface area contributed by atoms with E-state index in [1.807, 2.05) is 43.7 Å².